The minimum Gasteiger partial charge on any atom is -0.440 e. The van der Waals surface area contributed by atoms with Gasteiger partial charge >= 0.3 is 0 Å². The fourth-order valence-electron chi connectivity index (χ4n) is 3.57. The number of hydrogen-bond acceptors (Lipinski definition) is 5. The molecule has 28 heavy (non-hydrogen) atoms. The number of thiophene rings is 1. The van der Waals surface area contributed by atoms with Gasteiger partial charge in [-0.1, -0.05) is 50.1 Å². The Morgan fingerprint density at radius 2 is 1.93 bits per heavy atom. The third-order valence-corrected chi connectivity index (χ3v) is 8.28. The lowest BCUT2D eigenvalue weighted by atomic mass is 10.0. The van der Waals surface area contributed by atoms with E-state index in [1.54, 1.807) is 18.3 Å². The van der Waals surface area contributed by atoms with Crippen molar-refractivity contribution in [1.82, 2.24) is 9.71 Å². The zero-order valence-corrected chi connectivity index (χ0v) is 17.4. The lowest BCUT2D eigenvalue weighted by molar-refractivity contribution is 0.458. The number of rotatable bonds is 7. The Hall–Kier alpha value is -1.96. The van der Waals surface area contributed by atoms with Crippen LogP contribution in [-0.2, 0) is 10.0 Å². The molecule has 1 N–H and O–H groups in total. The van der Waals surface area contributed by atoms with Gasteiger partial charge in [0, 0.05) is 12.5 Å². The van der Waals surface area contributed by atoms with Gasteiger partial charge in [0.25, 0.3) is 0 Å². The number of hydrogen-bond donors (Lipinski definition) is 1. The van der Waals surface area contributed by atoms with Crippen LogP contribution >= 0.6 is 11.3 Å². The molecular weight excluding hydrogens is 392 g/mol. The molecule has 0 bridgehead atoms. The highest BCUT2D eigenvalue weighted by atomic mass is 32.2. The van der Waals surface area contributed by atoms with Crippen LogP contribution in [0.5, 0.6) is 0 Å². The lowest BCUT2D eigenvalue weighted by Gasteiger charge is -2.12. The van der Waals surface area contributed by atoms with Crippen molar-refractivity contribution in [3.05, 3.63) is 60.1 Å². The summed E-state index contributed by atoms with van der Waals surface area (Å²) in [5.41, 5.74) is 1.11. The number of oxazole rings is 1. The summed E-state index contributed by atoms with van der Waals surface area (Å²) in [6, 6.07) is 13.3. The SMILES string of the molecule is C[C@@H](CNS(=O)(=O)c1ccc(-c2cnc(C3CCCC3)o2)s1)c1ccccc1. The molecule has 1 aliphatic rings. The Morgan fingerprint density at radius 3 is 2.68 bits per heavy atom. The fourth-order valence-corrected chi connectivity index (χ4v) is 5.99. The Bertz CT molecular complexity index is 1020. The summed E-state index contributed by atoms with van der Waals surface area (Å²) in [7, 11) is -3.55. The zero-order chi connectivity index (χ0) is 19.6. The van der Waals surface area contributed by atoms with Crippen molar-refractivity contribution < 1.29 is 12.8 Å². The van der Waals surface area contributed by atoms with Crippen molar-refractivity contribution in [3.8, 4) is 10.6 Å². The van der Waals surface area contributed by atoms with E-state index in [0.717, 1.165) is 29.2 Å². The molecule has 3 aromatic rings. The first-order chi connectivity index (χ1) is 13.5. The Morgan fingerprint density at radius 1 is 1.18 bits per heavy atom. The predicted molar refractivity (Wildman–Crippen MR) is 111 cm³/mol. The molecule has 1 fully saturated rings. The molecular formula is C21H24N2O3S2. The molecule has 0 saturated heterocycles. The quantitative estimate of drug-likeness (QED) is 0.579. The van der Waals surface area contributed by atoms with Crippen molar-refractivity contribution in [2.45, 2.75) is 48.7 Å². The van der Waals surface area contributed by atoms with Crippen LogP contribution in [0.15, 0.2) is 57.3 Å². The summed E-state index contributed by atoms with van der Waals surface area (Å²) in [5, 5.41) is 0. The Kier molecular flexibility index (Phi) is 5.66. The van der Waals surface area contributed by atoms with Gasteiger partial charge in [-0.3, -0.25) is 0 Å². The molecule has 0 amide bonds. The third-order valence-electron chi connectivity index (χ3n) is 5.27. The summed E-state index contributed by atoms with van der Waals surface area (Å²) in [6.45, 7) is 2.37. The molecule has 1 aliphatic carbocycles. The number of nitrogens with one attached hydrogen (secondary N) is 1. The van der Waals surface area contributed by atoms with Crippen LogP contribution in [0.3, 0.4) is 0 Å². The Labute approximate surface area is 169 Å². The van der Waals surface area contributed by atoms with E-state index in [9.17, 15) is 8.42 Å². The van der Waals surface area contributed by atoms with Crippen LogP contribution in [0.25, 0.3) is 10.6 Å². The van der Waals surface area contributed by atoms with E-state index < -0.39 is 10.0 Å². The number of benzene rings is 1. The first kappa shape index (κ1) is 19.4. The zero-order valence-electron chi connectivity index (χ0n) is 15.8. The standard InChI is InChI=1S/C21H24N2O3S2/c1-15(16-7-3-2-4-8-16)13-23-28(24,25)20-12-11-19(27-20)18-14-22-21(26-18)17-9-5-6-10-17/h2-4,7-8,11-12,14-15,17,23H,5-6,9-10,13H2,1H3/t15-/m0/s1. The van der Waals surface area contributed by atoms with Gasteiger partial charge in [-0.2, -0.15) is 0 Å². The van der Waals surface area contributed by atoms with Crippen molar-refractivity contribution in [2.24, 2.45) is 0 Å². The van der Waals surface area contributed by atoms with Crippen LogP contribution in [0, 0.1) is 0 Å². The first-order valence-electron chi connectivity index (χ1n) is 9.63. The van der Waals surface area contributed by atoms with Crippen LogP contribution in [0.4, 0.5) is 0 Å². The van der Waals surface area contributed by atoms with Gasteiger partial charge in [-0.05, 0) is 36.5 Å². The summed E-state index contributed by atoms with van der Waals surface area (Å²) in [5.74, 6) is 1.92. The summed E-state index contributed by atoms with van der Waals surface area (Å²) in [4.78, 5) is 5.20. The van der Waals surface area contributed by atoms with Crippen LogP contribution < -0.4 is 4.72 Å². The number of sulfonamides is 1. The van der Waals surface area contributed by atoms with E-state index in [4.69, 9.17) is 4.42 Å². The van der Waals surface area contributed by atoms with E-state index in [-0.39, 0.29) is 5.92 Å². The van der Waals surface area contributed by atoms with Gasteiger partial charge in [0.1, 0.15) is 4.21 Å². The summed E-state index contributed by atoms with van der Waals surface area (Å²) < 4.78 is 34.3. The molecule has 2 aromatic heterocycles. The molecule has 0 radical (unpaired) electrons. The second kappa shape index (κ2) is 8.19. The predicted octanol–water partition coefficient (Wildman–Crippen LogP) is 5.14. The second-order valence-corrected chi connectivity index (χ2v) is 10.4. The van der Waals surface area contributed by atoms with Crippen LogP contribution in [0.2, 0.25) is 0 Å². The molecule has 5 nitrogen and oxygen atoms in total. The highest BCUT2D eigenvalue weighted by Crippen LogP contribution is 2.37. The average Bonchev–Trinajstić information content (AvgIpc) is 3.47. The average molecular weight is 417 g/mol. The van der Waals surface area contributed by atoms with Gasteiger partial charge < -0.3 is 4.42 Å². The topological polar surface area (TPSA) is 72.2 Å². The highest BCUT2D eigenvalue weighted by molar-refractivity contribution is 7.91. The maximum Gasteiger partial charge on any atom is 0.250 e. The maximum atomic E-state index is 12.7. The van der Waals surface area contributed by atoms with E-state index in [1.807, 2.05) is 37.3 Å². The van der Waals surface area contributed by atoms with E-state index in [1.165, 1.54) is 24.2 Å². The van der Waals surface area contributed by atoms with E-state index >= 15 is 0 Å². The van der Waals surface area contributed by atoms with Gasteiger partial charge in [0.05, 0.1) is 11.1 Å². The largest absolute Gasteiger partial charge is 0.440 e. The highest BCUT2D eigenvalue weighted by Gasteiger charge is 2.23. The summed E-state index contributed by atoms with van der Waals surface area (Å²) in [6.07, 6.45) is 6.38. The number of nitrogens with zero attached hydrogens (tertiary/aromatic N) is 1. The molecule has 0 aliphatic heterocycles. The minimum atomic E-state index is -3.55. The van der Waals surface area contributed by atoms with Crippen LogP contribution in [0.1, 0.15) is 55.9 Å². The van der Waals surface area contributed by atoms with Crippen molar-refractivity contribution in [1.29, 1.82) is 0 Å². The molecule has 1 aromatic carbocycles. The molecule has 7 heteroatoms. The van der Waals surface area contributed by atoms with Crippen LogP contribution in [-0.4, -0.2) is 19.9 Å². The van der Waals surface area contributed by atoms with E-state index in [0.29, 0.717) is 22.4 Å². The van der Waals surface area contributed by atoms with E-state index in [2.05, 4.69) is 9.71 Å². The minimum absolute atomic E-state index is 0.0960. The van der Waals surface area contributed by atoms with Crippen molar-refractivity contribution >= 4 is 21.4 Å². The second-order valence-electron chi connectivity index (χ2n) is 7.33. The maximum absolute atomic E-state index is 12.7. The molecule has 0 spiro atoms. The molecule has 2 heterocycles. The van der Waals surface area contributed by atoms with Gasteiger partial charge in [-0.15, -0.1) is 11.3 Å². The van der Waals surface area contributed by atoms with Crippen molar-refractivity contribution in [2.75, 3.05) is 6.54 Å². The number of aromatic nitrogens is 1. The van der Waals surface area contributed by atoms with Gasteiger partial charge in [0.15, 0.2) is 11.7 Å². The lowest BCUT2D eigenvalue weighted by Crippen LogP contribution is -2.27. The van der Waals surface area contributed by atoms with Gasteiger partial charge in [-0.25, -0.2) is 18.1 Å². The first-order valence-corrected chi connectivity index (χ1v) is 11.9. The molecule has 1 atom stereocenters. The monoisotopic (exact) mass is 416 g/mol. The molecule has 148 valence electrons. The van der Waals surface area contributed by atoms with Crippen molar-refractivity contribution in [3.63, 3.8) is 0 Å². The molecule has 1 saturated carbocycles. The Balaban J connectivity index is 1.44. The normalized spacial score (nSPS) is 16.5. The fraction of sp³-hybridized carbons (Fsp3) is 0.381. The van der Waals surface area contributed by atoms with Gasteiger partial charge in [0.2, 0.25) is 10.0 Å². The summed E-state index contributed by atoms with van der Waals surface area (Å²) >= 11 is 1.21. The molecule has 0 unspecified atom stereocenters. The third kappa shape index (κ3) is 4.21. The smallest absolute Gasteiger partial charge is 0.250 e. The molecule has 4 rings (SSSR count).